The van der Waals surface area contributed by atoms with Gasteiger partial charge in [-0.05, 0) is 104 Å². The maximum atomic E-state index is 14.4. The molecule has 3 aromatic rings. The lowest BCUT2D eigenvalue weighted by Crippen LogP contribution is -2.46. The Hall–Kier alpha value is -3.73. The zero-order valence-electron chi connectivity index (χ0n) is 21.6. The number of nitrogens with zero attached hydrogens (tertiary/aromatic N) is 4. The Balaban J connectivity index is 1.63. The summed E-state index contributed by atoms with van der Waals surface area (Å²) in [5.41, 5.74) is 5.56. The van der Waals surface area contributed by atoms with Crippen LogP contribution in [0.5, 0.6) is 0 Å². The van der Waals surface area contributed by atoms with Crippen LogP contribution in [-0.2, 0) is 4.79 Å². The van der Waals surface area contributed by atoms with Crippen LogP contribution in [0, 0.1) is 31.0 Å². The molecule has 6 nitrogen and oxygen atoms in total. The number of nitriles is 1. The zero-order valence-corrected chi connectivity index (χ0v) is 22.4. The molecule has 0 aliphatic carbocycles. The number of hydrogen-bond donors (Lipinski definition) is 1. The summed E-state index contributed by atoms with van der Waals surface area (Å²) in [6.45, 7) is 5.43. The number of aryl methyl sites for hydroxylation is 2. The summed E-state index contributed by atoms with van der Waals surface area (Å²) in [7, 11) is 1.83. The van der Waals surface area contributed by atoms with Crippen LogP contribution in [0.1, 0.15) is 41.1 Å². The number of anilines is 1. The molecule has 2 aliphatic rings. The van der Waals surface area contributed by atoms with Gasteiger partial charge in [-0.1, -0.05) is 11.6 Å². The van der Waals surface area contributed by atoms with Crippen LogP contribution >= 0.6 is 11.6 Å². The fourth-order valence-corrected chi connectivity index (χ4v) is 5.66. The lowest BCUT2D eigenvalue weighted by Gasteiger charge is -2.36. The van der Waals surface area contributed by atoms with Gasteiger partial charge in [-0.2, -0.15) is 5.26 Å². The first-order chi connectivity index (χ1) is 18.2. The summed E-state index contributed by atoms with van der Waals surface area (Å²) in [5, 5.41) is 13.4. The van der Waals surface area contributed by atoms with E-state index in [1.807, 2.05) is 62.2 Å². The average molecular weight is 530 g/mol. The number of fused-ring (bicyclic) bond motifs is 1. The highest BCUT2D eigenvalue weighted by molar-refractivity contribution is 6.31. The standard InChI is InChI=1S/C30H29ClFN5O/c1-18-7-22(31)13-25(8-18)37-17-35-28-9-19(2)26(21-10-20(15-33)11-23(32)12-21)14-27(28)29(37)30(38)36(3)16-24-5-4-6-34-24/h7-14,17,24,29,34H,4-6,16H2,1-3H3/t24-,29?/m0/s1. The van der Waals surface area contributed by atoms with E-state index in [1.165, 1.54) is 12.1 Å². The molecule has 2 atom stereocenters. The van der Waals surface area contributed by atoms with Crippen molar-refractivity contribution in [3.8, 4) is 17.2 Å². The summed E-state index contributed by atoms with van der Waals surface area (Å²) in [6, 6.07) is 15.4. The van der Waals surface area contributed by atoms with E-state index in [-0.39, 0.29) is 17.5 Å². The van der Waals surface area contributed by atoms with Gasteiger partial charge in [0.1, 0.15) is 11.9 Å². The van der Waals surface area contributed by atoms with Crippen LogP contribution in [0.3, 0.4) is 0 Å². The van der Waals surface area contributed by atoms with Crippen molar-refractivity contribution in [3.63, 3.8) is 0 Å². The minimum atomic E-state index is -0.699. The van der Waals surface area contributed by atoms with Gasteiger partial charge in [-0.15, -0.1) is 0 Å². The topological polar surface area (TPSA) is 71.7 Å². The third kappa shape index (κ3) is 5.15. The molecule has 5 rings (SSSR count). The average Bonchev–Trinajstić information content (AvgIpc) is 3.39. The Morgan fingerprint density at radius 1 is 1.21 bits per heavy atom. The van der Waals surface area contributed by atoms with Gasteiger partial charge < -0.3 is 15.1 Å². The third-order valence-electron chi connectivity index (χ3n) is 7.20. The highest BCUT2D eigenvalue weighted by Crippen LogP contribution is 2.41. The number of carbonyl (C=O) groups excluding carboxylic acids is 1. The van der Waals surface area contributed by atoms with Crippen molar-refractivity contribution < 1.29 is 9.18 Å². The van der Waals surface area contributed by atoms with Crippen molar-refractivity contribution in [1.82, 2.24) is 10.2 Å². The quantitative estimate of drug-likeness (QED) is 0.435. The Bertz CT molecular complexity index is 1450. The fourth-order valence-electron chi connectivity index (χ4n) is 5.38. The molecule has 8 heteroatoms. The molecule has 0 radical (unpaired) electrons. The van der Waals surface area contributed by atoms with Gasteiger partial charge in [0, 0.05) is 35.9 Å². The predicted octanol–water partition coefficient (Wildman–Crippen LogP) is 6.07. The van der Waals surface area contributed by atoms with Gasteiger partial charge in [-0.25, -0.2) is 9.38 Å². The molecule has 2 heterocycles. The maximum Gasteiger partial charge on any atom is 0.250 e. The van der Waals surface area contributed by atoms with E-state index in [2.05, 4.69) is 5.32 Å². The molecule has 0 spiro atoms. The number of aliphatic imine (C=N–C) groups is 1. The first-order valence-corrected chi connectivity index (χ1v) is 13.0. The number of hydrogen-bond acceptors (Lipinski definition) is 5. The SMILES string of the molecule is Cc1cc(Cl)cc(N2C=Nc3cc(C)c(-c4cc(F)cc(C#N)c4)cc3C2C(=O)N(C)C[C@@H]2CCCN2)c1. The molecule has 1 unspecified atom stereocenters. The molecule has 194 valence electrons. The summed E-state index contributed by atoms with van der Waals surface area (Å²) >= 11 is 6.41. The Kier molecular flexibility index (Phi) is 7.20. The van der Waals surface area contributed by atoms with Crippen molar-refractivity contribution in [2.75, 3.05) is 25.0 Å². The Morgan fingerprint density at radius 2 is 2.03 bits per heavy atom. The first-order valence-electron chi connectivity index (χ1n) is 12.7. The van der Waals surface area contributed by atoms with Crippen LogP contribution in [-0.4, -0.2) is 43.3 Å². The van der Waals surface area contributed by atoms with E-state index in [9.17, 15) is 14.4 Å². The summed E-state index contributed by atoms with van der Waals surface area (Å²) in [4.78, 5) is 22.5. The number of benzene rings is 3. The van der Waals surface area contributed by atoms with E-state index < -0.39 is 11.9 Å². The van der Waals surface area contributed by atoms with E-state index in [0.717, 1.165) is 41.8 Å². The van der Waals surface area contributed by atoms with Crippen molar-refractivity contribution in [2.45, 2.75) is 38.8 Å². The van der Waals surface area contributed by atoms with Crippen molar-refractivity contribution in [1.29, 1.82) is 5.26 Å². The number of rotatable bonds is 5. The predicted molar refractivity (Wildman–Crippen MR) is 150 cm³/mol. The van der Waals surface area contributed by atoms with E-state index in [0.29, 0.717) is 28.4 Å². The van der Waals surface area contributed by atoms with Crippen LogP contribution in [0.15, 0.2) is 53.5 Å². The third-order valence-corrected chi connectivity index (χ3v) is 7.42. The largest absolute Gasteiger partial charge is 0.342 e. The van der Waals surface area contributed by atoms with Crippen LogP contribution in [0.25, 0.3) is 11.1 Å². The van der Waals surface area contributed by atoms with Crippen LogP contribution in [0.2, 0.25) is 5.02 Å². The van der Waals surface area contributed by atoms with Gasteiger partial charge in [0.2, 0.25) is 5.91 Å². The van der Waals surface area contributed by atoms with Gasteiger partial charge in [-0.3, -0.25) is 4.79 Å². The molecule has 1 amide bonds. The lowest BCUT2D eigenvalue weighted by molar-refractivity contribution is -0.131. The molecule has 2 aliphatic heterocycles. The monoisotopic (exact) mass is 529 g/mol. The smallest absolute Gasteiger partial charge is 0.250 e. The number of likely N-dealkylation sites (N-methyl/N-ethyl adjacent to an activating group) is 1. The number of nitrogens with one attached hydrogen (secondary N) is 1. The number of halogens is 2. The number of carbonyl (C=O) groups is 1. The van der Waals surface area contributed by atoms with Crippen LogP contribution in [0.4, 0.5) is 15.8 Å². The molecule has 0 aromatic heterocycles. The van der Waals surface area contributed by atoms with E-state index >= 15 is 0 Å². The fraction of sp³-hybridized carbons (Fsp3) is 0.300. The Morgan fingerprint density at radius 3 is 2.74 bits per heavy atom. The minimum Gasteiger partial charge on any atom is -0.342 e. The molecule has 1 N–H and O–H groups in total. The molecular weight excluding hydrogens is 501 g/mol. The molecule has 3 aromatic carbocycles. The molecule has 1 saturated heterocycles. The highest BCUT2D eigenvalue weighted by atomic mass is 35.5. The van der Waals surface area contributed by atoms with Gasteiger partial charge >= 0.3 is 0 Å². The Labute approximate surface area is 227 Å². The first kappa shape index (κ1) is 25.9. The second kappa shape index (κ2) is 10.6. The second-order valence-electron chi connectivity index (χ2n) is 10.1. The molecule has 0 bridgehead atoms. The van der Waals surface area contributed by atoms with Crippen molar-refractivity contribution in [2.24, 2.45) is 4.99 Å². The normalized spacial score (nSPS) is 18.3. The summed E-state index contributed by atoms with van der Waals surface area (Å²) < 4.78 is 14.4. The van der Waals surface area contributed by atoms with Gasteiger partial charge in [0.15, 0.2) is 0 Å². The highest BCUT2D eigenvalue weighted by Gasteiger charge is 2.35. The van der Waals surface area contributed by atoms with E-state index in [1.54, 1.807) is 17.3 Å². The maximum absolute atomic E-state index is 14.4. The second-order valence-corrected chi connectivity index (χ2v) is 10.6. The van der Waals surface area contributed by atoms with Crippen LogP contribution < -0.4 is 10.2 Å². The van der Waals surface area contributed by atoms with Crippen molar-refractivity contribution in [3.05, 3.63) is 81.6 Å². The lowest BCUT2D eigenvalue weighted by atomic mass is 9.91. The molecule has 1 fully saturated rings. The minimum absolute atomic E-state index is 0.0736. The zero-order chi connectivity index (χ0) is 27.0. The molecular formula is C30H29ClFN5O. The van der Waals surface area contributed by atoms with E-state index in [4.69, 9.17) is 16.6 Å². The van der Waals surface area contributed by atoms with Gasteiger partial charge in [0.25, 0.3) is 0 Å². The number of amides is 1. The van der Waals surface area contributed by atoms with Gasteiger partial charge in [0.05, 0.1) is 23.7 Å². The molecule has 0 saturated carbocycles. The summed E-state index contributed by atoms with van der Waals surface area (Å²) in [5.74, 6) is -0.558. The summed E-state index contributed by atoms with van der Waals surface area (Å²) in [6.07, 6.45) is 3.81. The molecule has 38 heavy (non-hydrogen) atoms. The van der Waals surface area contributed by atoms with Crippen molar-refractivity contribution >= 4 is 35.2 Å².